The van der Waals surface area contributed by atoms with Crippen LogP contribution in [0.3, 0.4) is 0 Å². The largest absolute Gasteiger partial charge is 0.378 e. The van der Waals surface area contributed by atoms with E-state index in [1.807, 2.05) is 34.1 Å². The Morgan fingerprint density at radius 1 is 0.735 bits per heavy atom. The molecule has 0 saturated carbocycles. The van der Waals surface area contributed by atoms with Crippen molar-refractivity contribution in [2.45, 2.75) is 6.92 Å². The number of nitrogens with zero attached hydrogens (tertiary/aromatic N) is 6. The zero-order chi connectivity index (χ0) is 23.5. The van der Waals surface area contributed by atoms with Gasteiger partial charge in [-0.05, 0) is 31.2 Å². The van der Waals surface area contributed by atoms with E-state index in [2.05, 4.69) is 14.8 Å². The van der Waals surface area contributed by atoms with Crippen molar-refractivity contribution in [1.82, 2.24) is 9.97 Å². The highest BCUT2D eigenvalue weighted by molar-refractivity contribution is 5.94. The quantitative estimate of drug-likeness (QED) is 0.609. The highest BCUT2D eigenvalue weighted by Gasteiger charge is 2.28. The van der Waals surface area contributed by atoms with Crippen LogP contribution >= 0.6 is 0 Å². The van der Waals surface area contributed by atoms with Crippen molar-refractivity contribution in [2.24, 2.45) is 0 Å². The summed E-state index contributed by atoms with van der Waals surface area (Å²) >= 11 is 0. The fourth-order valence-corrected chi connectivity index (χ4v) is 4.59. The predicted octanol–water partition coefficient (Wildman–Crippen LogP) is 1.82. The SMILES string of the molecule is CC(=O)c1ccc(N2CCN(c3nc(N4CCOCC4)nc(N4CCOCC4)c3F)CC2)cc1. The van der Waals surface area contributed by atoms with E-state index >= 15 is 4.39 Å². The van der Waals surface area contributed by atoms with Gasteiger partial charge in [-0.3, -0.25) is 4.79 Å². The number of hydrogen-bond acceptors (Lipinski definition) is 9. The number of ether oxygens (including phenoxy) is 2. The lowest BCUT2D eigenvalue weighted by Crippen LogP contribution is -2.47. The van der Waals surface area contributed by atoms with Gasteiger partial charge in [-0.2, -0.15) is 14.4 Å². The molecule has 182 valence electrons. The Balaban J connectivity index is 1.37. The van der Waals surface area contributed by atoms with E-state index in [4.69, 9.17) is 14.5 Å². The number of carbonyl (C=O) groups excluding carboxylic acids is 1. The summed E-state index contributed by atoms with van der Waals surface area (Å²) in [4.78, 5) is 29.2. The summed E-state index contributed by atoms with van der Waals surface area (Å²) in [6, 6.07) is 7.67. The summed E-state index contributed by atoms with van der Waals surface area (Å²) in [7, 11) is 0. The zero-order valence-electron chi connectivity index (χ0n) is 19.6. The van der Waals surface area contributed by atoms with Gasteiger partial charge < -0.3 is 29.1 Å². The lowest BCUT2D eigenvalue weighted by Gasteiger charge is -2.38. The van der Waals surface area contributed by atoms with Crippen LogP contribution in [-0.2, 0) is 9.47 Å². The average Bonchev–Trinajstić information content (AvgIpc) is 2.90. The fraction of sp³-hybridized carbons (Fsp3) is 0.542. The number of carbonyl (C=O) groups is 1. The van der Waals surface area contributed by atoms with Crippen LogP contribution in [0.2, 0.25) is 0 Å². The molecule has 0 unspecified atom stereocenters. The highest BCUT2D eigenvalue weighted by atomic mass is 19.1. The lowest BCUT2D eigenvalue weighted by atomic mass is 10.1. The van der Waals surface area contributed by atoms with Gasteiger partial charge in [0.05, 0.1) is 26.4 Å². The van der Waals surface area contributed by atoms with Crippen molar-refractivity contribution in [3.05, 3.63) is 35.6 Å². The Morgan fingerprint density at radius 3 is 1.74 bits per heavy atom. The topological polar surface area (TPSA) is 74.3 Å². The molecule has 4 heterocycles. The van der Waals surface area contributed by atoms with Crippen LogP contribution in [0.15, 0.2) is 24.3 Å². The van der Waals surface area contributed by atoms with E-state index < -0.39 is 0 Å². The van der Waals surface area contributed by atoms with Crippen molar-refractivity contribution in [3.63, 3.8) is 0 Å². The molecule has 0 aliphatic carbocycles. The molecule has 0 amide bonds. The van der Waals surface area contributed by atoms with Crippen molar-refractivity contribution >= 4 is 29.1 Å². The molecule has 10 heteroatoms. The summed E-state index contributed by atoms with van der Waals surface area (Å²) in [6.07, 6.45) is 0. The molecule has 3 aliphatic rings. The molecule has 0 spiro atoms. The van der Waals surface area contributed by atoms with Crippen LogP contribution in [0.25, 0.3) is 0 Å². The van der Waals surface area contributed by atoms with E-state index in [-0.39, 0.29) is 11.6 Å². The van der Waals surface area contributed by atoms with Crippen molar-refractivity contribution in [2.75, 3.05) is 98.4 Å². The first-order valence-electron chi connectivity index (χ1n) is 11.9. The summed E-state index contributed by atoms with van der Waals surface area (Å²) in [6.45, 7) is 9.30. The molecule has 3 fully saturated rings. The average molecular weight is 471 g/mol. The molecule has 3 aliphatic heterocycles. The van der Waals surface area contributed by atoms with Crippen molar-refractivity contribution in [3.8, 4) is 0 Å². The molecule has 5 rings (SSSR count). The number of ketones is 1. The molecule has 34 heavy (non-hydrogen) atoms. The summed E-state index contributed by atoms with van der Waals surface area (Å²) in [5, 5.41) is 0. The molecule has 1 aromatic heterocycles. The van der Waals surface area contributed by atoms with Crippen LogP contribution in [0.5, 0.6) is 0 Å². The number of Topliss-reactive ketones (excluding diaryl/α,β-unsaturated/α-hetero) is 1. The first kappa shape index (κ1) is 22.8. The smallest absolute Gasteiger partial charge is 0.229 e. The molecule has 9 nitrogen and oxygen atoms in total. The molecule has 3 saturated heterocycles. The summed E-state index contributed by atoms with van der Waals surface area (Å²) in [5.41, 5.74) is 1.77. The number of halogens is 1. The summed E-state index contributed by atoms with van der Waals surface area (Å²) < 4.78 is 26.7. The second-order valence-corrected chi connectivity index (χ2v) is 8.76. The number of aromatic nitrogens is 2. The number of anilines is 4. The first-order chi connectivity index (χ1) is 16.6. The monoisotopic (exact) mass is 470 g/mol. The lowest BCUT2D eigenvalue weighted by molar-refractivity contribution is 0.101. The van der Waals surface area contributed by atoms with Gasteiger partial charge in [-0.25, -0.2) is 0 Å². The third kappa shape index (κ3) is 4.78. The highest BCUT2D eigenvalue weighted by Crippen LogP contribution is 2.30. The van der Waals surface area contributed by atoms with Gasteiger partial charge in [0.25, 0.3) is 0 Å². The minimum Gasteiger partial charge on any atom is -0.378 e. The molecule has 0 N–H and O–H groups in total. The van der Waals surface area contributed by atoms with Crippen LogP contribution < -0.4 is 19.6 Å². The van der Waals surface area contributed by atoms with E-state index in [1.165, 1.54) is 0 Å². The van der Waals surface area contributed by atoms with Gasteiger partial charge in [0, 0.05) is 63.6 Å². The van der Waals surface area contributed by atoms with Crippen LogP contribution in [0.1, 0.15) is 17.3 Å². The van der Waals surface area contributed by atoms with Gasteiger partial charge in [-0.15, -0.1) is 0 Å². The Labute approximate surface area is 199 Å². The molecule has 2 aromatic rings. The molecule has 0 atom stereocenters. The standard InChI is InChI=1S/C24H31FN6O3/c1-18(32)19-2-4-20(5-3-19)28-6-8-29(9-7-28)22-21(25)23(30-10-14-33-15-11-30)27-24(26-22)31-12-16-34-17-13-31/h2-5H,6-17H2,1H3. The maximum absolute atomic E-state index is 15.8. The summed E-state index contributed by atoms with van der Waals surface area (Å²) in [5.74, 6) is 0.978. The van der Waals surface area contributed by atoms with Gasteiger partial charge in [0.2, 0.25) is 11.8 Å². The molecular formula is C24H31FN6O3. The Hall–Kier alpha value is -2.98. The minimum atomic E-state index is -0.363. The van der Waals surface area contributed by atoms with E-state index in [0.29, 0.717) is 88.8 Å². The normalized spacial score (nSPS) is 19.5. The van der Waals surface area contributed by atoms with Crippen LogP contribution in [0.4, 0.5) is 27.7 Å². The Morgan fingerprint density at radius 2 is 1.21 bits per heavy atom. The van der Waals surface area contributed by atoms with Crippen molar-refractivity contribution < 1.29 is 18.7 Å². The third-order valence-electron chi connectivity index (χ3n) is 6.63. The van der Waals surface area contributed by atoms with Gasteiger partial charge in [0.15, 0.2) is 17.4 Å². The Kier molecular flexibility index (Phi) is 6.77. The maximum atomic E-state index is 15.8. The molecule has 0 radical (unpaired) electrons. The molecule has 0 bridgehead atoms. The number of rotatable bonds is 5. The fourth-order valence-electron chi connectivity index (χ4n) is 4.59. The number of benzene rings is 1. The van der Waals surface area contributed by atoms with Crippen molar-refractivity contribution in [1.29, 1.82) is 0 Å². The zero-order valence-corrected chi connectivity index (χ0v) is 19.6. The van der Waals surface area contributed by atoms with Gasteiger partial charge in [0.1, 0.15) is 0 Å². The number of morpholine rings is 2. The maximum Gasteiger partial charge on any atom is 0.229 e. The predicted molar refractivity (Wildman–Crippen MR) is 129 cm³/mol. The third-order valence-corrected chi connectivity index (χ3v) is 6.63. The van der Waals surface area contributed by atoms with Gasteiger partial charge in [-0.1, -0.05) is 0 Å². The van der Waals surface area contributed by atoms with E-state index in [9.17, 15) is 4.79 Å². The van der Waals surface area contributed by atoms with Crippen LogP contribution in [0, 0.1) is 5.82 Å². The molecule has 1 aromatic carbocycles. The van der Waals surface area contributed by atoms with Gasteiger partial charge >= 0.3 is 0 Å². The minimum absolute atomic E-state index is 0.0581. The number of piperazine rings is 1. The second kappa shape index (κ2) is 10.1. The number of hydrogen-bond donors (Lipinski definition) is 0. The van der Waals surface area contributed by atoms with Crippen LogP contribution in [-0.4, -0.2) is 94.5 Å². The Bertz CT molecular complexity index is 1000. The van der Waals surface area contributed by atoms with E-state index in [0.717, 1.165) is 18.8 Å². The molecular weight excluding hydrogens is 439 g/mol. The second-order valence-electron chi connectivity index (χ2n) is 8.76. The first-order valence-corrected chi connectivity index (χ1v) is 11.9. The van der Waals surface area contributed by atoms with E-state index in [1.54, 1.807) is 6.92 Å².